The van der Waals surface area contributed by atoms with E-state index in [-0.39, 0.29) is 24.0 Å². The molecule has 1 fully saturated rings. The number of nitrogens with zero attached hydrogens (tertiary/aromatic N) is 1. The predicted molar refractivity (Wildman–Crippen MR) is 119 cm³/mol. The van der Waals surface area contributed by atoms with Crippen LogP contribution in [0.4, 0.5) is 5.69 Å². The van der Waals surface area contributed by atoms with Gasteiger partial charge in [-0.05, 0) is 29.5 Å². The van der Waals surface area contributed by atoms with Crippen LogP contribution < -0.4 is 5.32 Å². The Morgan fingerprint density at radius 1 is 1.03 bits per heavy atom. The summed E-state index contributed by atoms with van der Waals surface area (Å²) in [5.74, 6) is -0.610. The quantitative estimate of drug-likeness (QED) is 0.672. The first kappa shape index (κ1) is 22.5. The summed E-state index contributed by atoms with van der Waals surface area (Å²) in [7, 11) is -3.32. The third-order valence-corrected chi connectivity index (χ3v) is 7.30. The van der Waals surface area contributed by atoms with Gasteiger partial charge in [-0.1, -0.05) is 62.4 Å². The molecule has 1 amide bonds. The summed E-state index contributed by atoms with van der Waals surface area (Å²) in [6.45, 7) is 4.49. The Morgan fingerprint density at radius 2 is 1.67 bits per heavy atom. The van der Waals surface area contributed by atoms with Gasteiger partial charge in [-0.2, -0.15) is 0 Å². The molecule has 7 heteroatoms. The fourth-order valence-corrected chi connectivity index (χ4v) is 5.87. The van der Waals surface area contributed by atoms with Gasteiger partial charge < -0.3 is 10.4 Å². The standard InChI is InChI=1S/C23H30N2O4S/c1-3-18-11-8-12-19(4-2)23(18)24-22(27)14-25(13-17-9-6-5-7-10-17)20-15-30(28,29)16-21(20)26/h5-12,20-21,26H,3-4,13-16H2,1-2H3,(H,24,27). The molecule has 0 aliphatic carbocycles. The lowest BCUT2D eigenvalue weighted by Gasteiger charge is -2.30. The van der Waals surface area contributed by atoms with Crippen molar-refractivity contribution >= 4 is 21.4 Å². The zero-order chi connectivity index (χ0) is 21.7. The van der Waals surface area contributed by atoms with Crippen LogP contribution in [-0.4, -0.2) is 54.5 Å². The minimum Gasteiger partial charge on any atom is -0.390 e. The van der Waals surface area contributed by atoms with Gasteiger partial charge in [0.2, 0.25) is 5.91 Å². The monoisotopic (exact) mass is 430 g/mol. The van der Waals surface area contributed by atoms with Gasteiger partial charge in [-0.25, -0.2) is 8.42 Å². The number of aliphatic hydroxyl groups is 1. The summed E-state index contributed by atoms with van der Waals surface area (Å²) < 4.78 is 24.1. The number of para-hydroxylation sites is 1. The second-order valence-corrected chi connectivity index (χ2v) is 9.96. The zero-order valence-electron chi connectivity index (χ0n) is 17.5. The van der Waals surface area contributed by atoms with Gasteiger partial charge in [-0.3, -0.25) is 9.69 Å². The third kappa shape index (κ3) is 5.47. The molecule has 2 unspecified atom stereocenters. The first-order valence-electron chi connectivity index (χ1n) is 10.4. The van der Waals surface area contributed by atoms with Crippen molar-refractivity contribution in [1.82, 2.24) is 4.90 Å². The molecule has 162 valence electrons. The third-order valence-electron chi connectivity index (χ3n) is 5.60. The highest BCUT2D eigenvalue weighted by atomic mass is 32.2. The minimum absolute atomic E-state index is 0.00729. The maximum Gasteiger partial charge on any atom is 0.238 e. The van der Waals surface area contributed by atoms with E-state index in [1.165, 1.54) is 0 Å². The average molecular weight is 431 g/mol. The average Bonchev–Trinajstić information content (AvgIpc) is 3.00. The van der Waals surface area contributed by atoms with Gasteiger partial charge in [0.1, 0.15) is 0 Å². The number of carbonyl (C=O) groups is 1. The SMILES string of the molecule is CCc1cccc(CC)c1NC(=O)CN(Cc1ccccc1)C1CS(=O)(=O)CC1O. The van der Waals surface area contributed by atoms with E-state index in [9.17, 15) is 18.3 Å². The maximum atomic E-state index is 13.0. The number of carbonyl (C=O) groups excluding carboxylic acids is 1. The Hall–Kier alpha value is -2.22. The lowest BCUT2D eigenvalue weighted by atomic mass is 10.0. The molecule has 0 bridgehead atoms. The second kappa shape index (κ2) is 9.73. The highest BCUT2D eigenvalue weighted by Gasteiger charge is 2.40. The number of hydrogen-bond acceptors (Lipinski definition) is 5. The van der Waals surface area contributed by atoms with Crippen molar-refractivity contribution in [1.29, 1.82) is 0 Å². The van der Waals surface area contributed by atoms with E-state index in [4.69, 9.17) is 0 Å². The number of hydrogen-bond donors (Lipinski definition) is 2. The molecule has 1 aliphatic heterocycles. The van der Waals surface area contributed by atoms with Gasteiger partial charge in [0.05, 0.1) is 30.2 Å². The number of amides is 1. The Morgan fingerprint density at radius 3 is 2.20 bits per heavy atom. The van der Waals surface area contributed by atoms with Crippen LogP contribution in [0.15, 0.2) is 48.5 Å². The molecule has 30 heavy (non-hydrogen) atoms. The van der Waals surface area contributed by atoms with Crippen molar-refractivity contribution in [3.8, 4) is 0 Å². The van der Waals surface area contributed by atoms with Crippen molar-refractivity contribution in [3.63, 3.8) is 0 Å². The van der Waals surface area contributed by atoms with E-state index in [0.717, 1.165) is 35.2 Å². The van der Waals surface area contributed by atoms with Crippen molar-refractivity contribution in [2.24, 2.45) is 0 Å². The van der Waals surface area contributed by atoms with E-state index in [1.54, 1.807) is 4.90 Å². The molecule has 1 aliphatic rings. The molecule has 2 aromatic rings. The van der Waals surface area contributed by atoms with Crippen LogP contribution in [0.3, 0.4) is 0 Å². The van der Waals surface area contributed by atoms with Crippen LogP contribution >= 0.6 is 0 Å². The lowest BCUT2D eigenvalue weighted by Crippen LogP contribution is -2.46. The van der Waals surface area contributed by atoms with E-state index in [0.29, 0.717) is 6.54 Å². The number of aliphatic hydroxyl groups excluding tert-OH is 1. The summed E-state index contributed by atoms with van der Waals surface area (Å²) >= 11 is 0. The molecule has 1 saturated heterocycles. The fourth-order valence-electron chi connectivity index (χ4n) is 4.03. The molecule has 2 aromatic carbocycles. The van der Waals surface area contributed by atoms with Gasteiger partial charge in [0, 0.05) is 12.2 Å². The molecule has 2 atom stereocenters. The molecule has 0 radical (unpaired) electrons. The molecule has 1 heterocycles. The fraction of sp³-hybridized carbons (Fsp3) is 0.435. The van der Waals surface area contributed by atoms with Gasteiger partial charge >= 0.3 is 0 Å². The minimum atomic E-state index is -3.32. The van der Waals surface area contributed by atoms with Gasteiger partial charge in [0.25, 0.3) is 0 Å². The Labute approximate surface area is 178 Å². The van der Waals surface area contributed by atoms with Gasteiger partial charge in [-0.15, -0.1) is 0 Å². The highest BCUT2D eigenvalue weighted by molar-refractivity contribution is 7.91. The highest BCUT2D eigenvalue weighted by Crippen LogP contribution is 2.24. The Balaban J connectivity index is 1.82. The number of sulfone groups is 1. The lowest BCUT2D eigenvalue weighted by molar-refractivity contribution is -0.118. The Kier molecular flexibility index (Phi) is 7.28. The van der Waals surface area contributed by atoms with Crippen LogP contribution in [0.1, 0.15) is 30.5 Å². The molecule has 6 nitrogen and oxygen atoms in total. The van der Waals surface area contributed by atoms with Crippen molar-refractivity contribution < 1.29 is 18.3 Å². The maximum absolute atomic E-state index is 13.0. The van der Waals surface area contributed by atoms with E-state index in [2.05, 4.69) is 5.32 Å². The number of aryl methyl sites for hydroxylation is 2. The molecule has 3 rings (SSSR count). The molecular formula is C23H30N2O4S. The van der Waals surface area contributed by atoms with Crippen LogP contribution in [0.2, 0.25) is 0 Å². The summed E-state index contributed by atoms with van der Waals surface area (Å²) in [5.41, 5.74) is 3.94. The first-order chi connectivity index (χ1) is 14.3. The molecule has 2 N–H and O–H groups in total. The summed E-state index contributed by atoms with van der Waals surface area (Å²) in [4.78, 5) is 14.8. The molecule has 0 aromatic heterocycles. The first-order valence-corrected chi connectivity index (χ1v) is 12.2. The number of benzene rings is 2. The largest absolute Gasteiger partial charge is 0.390 e. The van der Waals surface area contributed by atoms with Gasteiger partial charge in [0.15, 0.2) is 9.84 Å². The predicted octanol–water partition coefficient (Wildman–Crippen LogP) is 2.41. The van der Waals surface area contributed by atoms with E-state index in [1.807, 2.05) is 62.4 Å². The second-order valence-electron chi connectivity index (χ2n) is 7.81. The van der Waals surface area contributed by atoms with E-state index < -0.39 is 22.0 Å². The topological polar surface area (TPSA) is 86.7 Å². The van der Waals surface area contributed by atoms with Crippen molar-refractivity contribution in [2.45, 2.75) is 45.4 Å². The molecular weight excluding hydrogens is 400 g/mol. The van der Waals surface area contributed by atoms with Crippen LogP contribution in [0, 0.1) is 0 Å². The number of nitrogens with one attached hydrogen (secondary N) is 1. The summed E-state index contributed by atoms with van der Waals surface area (Å²) in [6, 6.07) is 15.0. The van der Waals surface area contributed by atoms with Crippen molar-refractivity contribution in [3.05, 3.63) is 65.2 Å². The van der Waals surface area contributed by atoms with E-state index >= 15 is 0 Å². The molecule has 0 spiro atoms. The summed E-state index contributed by atoms with van der Waals surface area (Å²) in [5, 5.41) is 13.4. The zero-order valence-corrected chi connectivity index (χ0v) is 18.4. The van der Waals surface area contributed by atoms with Crippen LogP contribution in [0.25, 0.3) is 0 Å². The van der Waals surface area contributed by atoms with Crippen LogP contribution in [0.5, 0.6) is 0 Å². The summed E-state index contributed by atoms with van der Waals surface area (Å²) in [6.07, 6.45) is 0.605. The Bertz CT molecular complexity index is 954. The normalized spacial score (nSPS) is 20.4. The van der Waals surface area contributed by atoms with Crippen LogP contribution in [-0.2, 0) is 34.0 Å². The van der Waals surface area contributed by atoms with Crippen molar-refractivity contribution in [2.75, 3.05) is 23.4 Å². The smallest absolute Gasteiger partial charge is 0.238 e. The molecule has 0 saturated carbocycles. The number of rotatable bonds is 8. The number of anilines is 1.